The van der Waals surface area contributed by atoms with Crippen LogP contribution in [0, 0.1) is 0 Å². The van der Waals surface area contributed by atoms with Crippen LogP contribution in [0.2, 0.25) is 0 Å². The number of aliphatic hydroxyl groups is 3. The maximum absolute atomic E-state index is 9.51. The fraction of sp³-hybridized carbons (Fsp3) is 0.455. The van der Waals surface area contributed by atoms with Gasteiger partial charge in [-0.15, -0.1) is 0 Å². The second kappa shape index (κ2) is 17.7. The Balaban J connectivity index is -0.000000187. The molecule has 0 atom stereocenters. The topological polar surface area (TPSA) is 135 Å². The number of carboxylic acids is 2. The van der Waals surface area contributed by atoms with Crippen molar-refractivity contribution in [3.63, 3.8) is 0 Å². The molecule has 0 aliphatic carbocycles. The summed E-state index contributed by atoms with van der Waals surface area (Å²) >= 11 is 0. The van der Waals surface area contributed by atoms with E-state index in [4.69, 9.17) is 25.5 Å². The maximum Gasteiger partial charge on any atom is 0.327 e. The minimum atomic E-state index is -0.954. The van der Waals surface area contributed by atoms with Crippen LogP contribution >= 0.6 is 0 Å². The fourth-order valence-corrected chi connectivity index (χ4v) is 0.343. The van der Waals surface area contributed by atoms with Gasteiger partial charge >= 0.3 is 11.9 Å². The molecular weight excluding hydrogens is 244 g/mol. The fourth-order valence-electron chi connectivity index (χ4n) is 0.343. The first kappa shape index (κ1) is 21.6. The Morgan fingerprint density at radius 3 is 1.22 bits per heavy atom. The smallest absolute Gasteiger partial charge is 0.327 e. The first-order chi connectivity index (χ1) is 8.35. The van der Waals surface area contributed by atoms with Crippen LogP contribution in [-0.4, -0.2) is 56.8 Å². The molecule has 0 aromatic rings. The summed E-state index contributed by atoms with van der Waals surface area (Å²) in [6.45, 7) is 2.59. The average Bonchev–Trinajstić information content (AvgIpc) is 2.29. The molecule has 0 saturated heterocycles. The van der Waals surface area contributed by atoms with Crippen molar-refractivity contribution < 1.29 is 35.1 Å². The van der Waals surface area contributed by atoms with Gasteiger partial charge in [0.2, 0.25) is 0 Å². The molecule has 0 rings (SSSR count). The molecule has 0 aromatic carbocycles. The first-order valence-corrected chi connectivity index (χ1v) is 4.96. The number of aliphatic hydroxyl groups excluding tert-OH is 3. The highest BCUT2D eigenvalue weighted by atomic mass is 16.4. The highest BCUT2D eigenvalue weighted by Crippen LogP contribution is 1.71. The van der Waals surface area contributed by atoms with Gasteiger partial charge in [0.25, 0.3) is 0 Å². The molecule has 5 N–H and O–H groups in total. The predicted octanol–water partition coefficient (Wildman–Crippen LogP) is -0.374. The van der Waals surface area contributed by atoms with Crippen molar-refractivity contribution in [1.29, 1.82) is 0 Å². The van der Waals surface area contributed by atoms with Crippen LogP contribution in [0.5, 0.6) is 0 Å². The van der Waals surface area contributed by atoms with Gasteiger partial charge in [0, 0.05) is 12.2 Å². The Morgan fingerprint density at radius 1 is 0.944 bits per heavy atom. The van der Waals surface area contributed by atoms with Crippen LogP contribution in [0.15, 0.2) is 24.3 Å². The molecule has 7 nitrogen and oxygen atoms in total. The van der Waals surface area contributed by atoms with E-state index < -0.39 is 18.0 Å². The van der Waals surface area contributed by atoms with E-state index in [-0.39, 0.29) is 13.2 Å². The molecule has 18 heavy (non-hydrogen) atoms. The molecule has 0 heterocycles. The summed E-state index contributed by atoms with van der Waals surface area (Å²) in [5.41, 5.74) is 0. The van der Waals surface area contributed by atoms with Gasteiger partial charge in [-0.25, -0.2) is 9.59 Å². The van der Waals surface area contributed by atoms with Gasteiger partial charge in [-0.05, 0) is 13.8 Å². The van der Waals surface area contributed by atoms with Crippen molar-refractivity contribution in [1.82, 2.24) is 0 Å². The standard InChI is InChI=1S/2C4H6O2.C3H8O3/c2*1-2-3-4(5)6;4-1-3(6)2-5/h2*2-3H,1H3,(H,5,6);3-6H,1-2H2. The lowest BCUT2D eigenvalue weighted by molar-refractivity contribution is -0.132. The van der Waals surface area contributed by atoms with Crippen LogP contribution < -0.4 is 0 Å². The lowest BCUT2D eigenvalue weighted by atomic mass is 10.4. The Labute approximate surface area is 105 Å². The Bertz CT molecular complexity index is 232. The summed E-state index contributed by atoms with van der Waals surface area (Å²) in [6.07, 6.45) is 4.16. The second-order valence-electron chi connectivity index (χ2n) is 2.70. The van der Waals surface area contributed by atoms with Gasteiger partial charge in [-0.2, -0.15) is 0 Å². The molecule has 0 amide bonds. The monoisotopic (exact) mass is 264 g/mol. The molecule has 7 heteroatoms. The van der Waals surface area contributed by atoms with Gasteiger partial charge in [0.05, 0.1) is 13.2 Å². The number of carboxylic acid groups (broad SMARTS) is 2. The minimum Gasteiger partial charge on any atom is -0.478 e. The number of hydrogen-bond donors (Lipinski definition) is 5. The molecule has 0 unspecified atom stereocenters. The second-order valence-corrected chi connectivity index (χ2v) is 2.70. The van der Waals surface area contributed by atoms with Crippen molar-refractivity contribution >= 4 is 11.9 Å². The van der Waals surface area contributed by atoms with Gasteiger partial charge in [-0.1, -0.05) is 12.2 Å². The summed E-state index contributed by atoms with van der Waals surface area (Å²) < 4.78 is 0. The molecule has 0 saturated carbocycles. The largest absolute Gasteiger partial charge is 0.478 e. The molecule has 0 radical (unpaired) electrons. The molecular formula is C11H20O7. The lowest BCUT2D eigenvalue weighted by Crippen LogP contribution is -2.15. The first-order valence-electron chi connectivity index (χ1n) is 4.96. The van der Waals surface area contributed by atoms with Gasteiger partial charge in [0.15, 0.2) is 0 Å². The van der Waals surface area contributed by atoms with E-state index in [0.717, 1.165) is 12.2 Å². The van der Waals surface area contributed by atoms with E-state index in [9.17, 15) is 9.59 Å². The normalized spacial score (nSPS) is 9.67. The predicted molar refractivity (Wildman–Crippen MR) is 65.1 cm³/mol. The van der Waals surface area contributed by atoms with Gasteiger partial charge < -0.3 is 25.5 Å². The summed E-state index contributed by atoms with van der Waals surface area (Å²) in [6, 6.07) is 0. The molecule has 106 valence electrons. The van der Waals surface area contributed by atoms with Crippen molar-refractivity contribution in [3.8, 4) is 0 Å². The Kier molecular flexibility index (Phi) is 21.2. The summed E-state index contributed by atoms with van der Waals surface area (Å²) in [7, 11) is 0. The molecule has 0 bridgehead atoms. The van der Waals surface area contributed by atoms with Crippen LogP contribution in [0.1, 0.15) is 13.8 Å². The quantitative estimate of drug-likeness (QED) is 0.437. The lowest BCUT2D eigenvalue weighted by Gasteiger charge is -1.96. The van der Waals surface area contributed by atoms with E-state index in [1.807, 2.05) is 0 Å². The Morgan fingerprint density at radius 2 is 1.22 bits per heavy atom. The molecule has 0 aliphatic rings. The number of rotatable bonds is 4. The van der Waals surface area contributed by atoms with Crippen molar-refractivity contribution in [2.24, 2.45) is 0 Å². The van der Waals surface area contributed by atoms with Crippen LogP contribution in [-0.2, 0) is 9.59 Å². The van der Waals surface area contributed by atoms with Crippen molar-refractivity contribution in [2.75, 3.05) is 13.2 Å². The molecule has 0 spiro atoms. The van der Waals surface area contributed by atoms with Crippen LogP contribution in [0.4, 0.5) is 0 Å². The highest BCUT2D eigenvalue weighted by Gasteiger charge is 1.93. The van der Waals surface area contributed by atoms with E-state index in [1.165, 1.54) is 12.2 Å². The zero-order valence-electron chi connectivity index (χ0n) is 10.4. The van der Waals surface area contributed by atoms with Gasteiger partial charge in [-0.3, -0.25) is 0 Å². The summed E-state index contributed by atoms with van der Waals surface area (Å²) in [5.74, 6) is -1.78. The van der Waals surface area contributed by atoms with Crippen molar-refractivity contribution in [2.45, 2.75) is 20.0 Å². The average molecular weight is 264 g/mol. The third-order valence-corrected chi connectivity index (χ3v) is 1.04. The third kappa shape index (κ3) is 36.7. The summed E-state index contributed by atoms with van der Waals surface area (Å²) in [5, 5.41) is 39.7. The SMILES string of the molecule is CC=CC(=O)O.CC=CC(=O)O.OCC(O)CO. The van der Waals surface area contributed by atoms with E-state index in [1.54, 1.807) is 13.8 Å². The third-order valence-electron chi connectivity index (χ3n) is 1.04. The van der Waals surface area contributed by atoms with E-state index >= 15 is 0 Å². The zero-order chi connectivity index (χ0) is 15.0. The number of allylic oxidation sites excluding steroid dienone is 2. The molecule has 0 fully saturated rings. The van der Waals surface area contributed by atoms with E-state index in [0.29, 0.717) is 0 Å². The van der Waals surface area contributed by atoms with E-state index in [2.05, 4.69) is 0 Å². The number of carbonyl (C=O) groups is 2. The number of hydrogen-bond acceptors (Lipinski definition) is 5. The Hall–Kier alpha value is -1.70. The molecule has 0 aliphatic heterocycles. The van der Waals surface area contributed by atoms with Gasteiger partial charge in [0.1, 0.15) is 6.10 Å². The summed E-state index contributed by atoms with van der Waals surface area (Å²) in [4.78, 5) is 19.0. The minimum absolute atomic E-state index is 0.365. The van der Waals surface area contributed by atoms with Crippen LogP contribution in [0.25, 0.3) is 0 Å². The maximum atomic E-state index is 9.51. The van der Waals surface area contributed by atoms with Crippen LogP contribution in [0.3, 0.4) is 0 Å². The molecule has 0 aromatic heterocycles. The highest BCUT2D eigenvalue weighted by molar-refractivity contribution is 5.79. The van der Waals surface area contributed by atoms with Crippen molar-refractivity contribution in [3.05, 3.63) is 24.3 Å². The zero-order valence-corrected chi connectivity index (χ0v) is 10.4. The number of aliphatic carboxylic acids is 2.